The molecule has 1 heterocycles. The maximum Gasteiger partial charge on any atom is 0.339 e. The summed E-state index contributed by atoms with van der Waals surface area (Å²) >= 11 is 0. The molecule has 0 unspecified atom stereocenters. The zero-order valence-corrected chi connectivity index (χ0v) is 13.0. The molecule has 0 spiro atoms. The van der Waals surface area contributed by atoms with Gasteiger partial charge in [0.15, 0.2) is 11.5 Å². The number of benzene rings is 1. The number of nitrogens with zero attached hydrogens (tertiary/aromatic N) is 1. The third-order valence-corrected chi connectivity index (χ3v) is 4.25. The molecule has 5 heteroatoms. The van der Waals surface area contributed by atoms with Crippen molar-refractivity contribution in [1.29, 1.82) is 0 Å². The molecule has 0 radical (unpaired) electrons. The van der Waals surface area contributed by atoms with Crippen LogP contribution in [0.3, 0.4) is 0 Å². The predicted molar refractivity (Wildman–Crippen MR) is 85.6 cm³/mol. The van der Waals surface area contributed by atoms with E-state index in [2.05, 4.69) is 4.98 Å². The number of hydrogen-bond acceptors (Lipinski definition) is 5. The van der Waals surface area contributed by atoms with Crippen LogP contribution >= 0.6 is 0 Å². The first-order valence-electron chi connectivity index (χ1n) is 7.78. The van der Waals surface area contributed by atoms with Crippen molar-refractivity contribution in [2.75, 3.05) is 6.61 Å². The van der Waals surface area contributed by atoms with Crippen molar-refractivity contribution in [2.24, 2.45) is 0 Å². The third-order valence-electron chi connectivity index (χ3n) is 4.25. The number of carbonyl (C=O) groups excluding carboxylic acids is 1. The molecule has 1 aliphatic rings. The van der Waals surface area contributed by atoms with Crippen molar-refractivity contribution >= 4 is 5.97 Å². The average molecular weight is 313 g/mol. The molecule has 1 fully saturated rings. The third kappa shape index (κ3) is 2.99. The van der Waals surface area contributed by atoms with E-state index in [4.69, 9.17) is 4.74 Å². The van der Waals surface area contributed by atoms with Gasteiger partial charge in [-0.2, -0.15) is 0 Å². The maximum atomic E-state index is 11.8. The van der Waals surface area contributed by atoms with E-state index >= 15 is 0 Å². The molecule has 2 aromatic rings. The Hall–Kier alpha value is -2.56. The van der Waals surface area contributed by atoms with Gasteiger partial charge >= 0.3 is 5.97 Å². The van der Waals surface area contributed by atoms with Crippen LogP contribution in [0.5, 0.6) is 11.5 Å². The monoisotopic (exact) mass is 313 g/mol. The number of rotatable bonds is 4. The van der Waals surface area contributed by atoms with Crippen LogP contribution in [0.15, 0.2) is 30.6 Å². The van der Waals surface area contributed by atoms with Crippen molar-refractivity contribution in [2.45, 2.75) is 32.1 Å². The summed E-state index contributed by atoms with van der Waals surface area (Å²) in [5.41, 5.74) is 2.54. The lowest BCUT2D eigenvalue weighted by atomic mass is 9.79. The lowest BCUT2D eigenvalue weighted by molar-refractivity contribution is 0.0526. The number of aromatic hydroxyl groups is 2. The lowest BCUT2D eigenvalue weighted by Crippen LogP contribution is -2.09. The predicted octanol–water partition coefficient (Wildman–Crippen LogP) is 3.60. The Morgan fingerprint density at radius 2 is 2.00 bits per heavy atom. The lowest BCUT2D eigenvalue weighted by Gasteiger charge is -2.27. The van der Waals surface area contributed by atoms with Crippen LogP contribution in [0, 0.1) is 0 Å². The first kappa shape index (κ1) is 15.3. The van der Waals surface area contributed by atoms with Gasteiger partial charge < -0.3 is 14.9 Å². The van der Waals surface area contributed by atoms with Crippen LogP contribution in [0.2, 0.25) is 0 Å². The normalized spacial score (nSPS) is 14.3. The van der Waals surface area contributed by atoms with Crippen LogP contribution in [0.25, 0.3) is 11.1 Å². The number of ether oxygens (including phenoxy) is 1. The second-order valence-electron chi connectivity index (χ2n) is 5.74. The van der Waals surface area contributed by atoms with Crippen LogP contribution in [0.4, 0.5) is 0 Å². The molecule has 120 valence electrons. The first-order valence-corrected chi connectivity index (χ1v) is 7.78. The second kappa shape index (κ2) is 6.28. The highest BCUT2D eigenvalue weighted by Crippen LogP contribution is 2.45. The fourth-order valence-electron chi connectivity index (χ4n) is 2.76. The molecule has 1 aliphatic carbocycles. The van der Waals surface area contributed by atoms with Crippen LogP contribution in [-0.2, 0) is 4.74 Å². The molecule has 0 aliphatic heterocycles. The van der Waals surface area contributed by atoms with Gasteiger partial charge in [-0.25, -0.2) is 4.79 Å². The number of esters is 1. The molecule has 1 aromatic carbocycles. The molecule has 0 saturated heterocycles. The van der Waals surface area contributed by atoms with Gasteiger partial charge in [-0.15, -0.1) is 0 Å². The fourth-order valence-corrected chi connectivity index (χ4v) is 2.76. The molecule has 0 amide bonds. The second-order valence-corrected chi connectivity index (χ2v) is 5.74. The van der Waals surface area contributed by atoms with E-state index in [1.807, 2.05) is 6.07 Å². The highest BCUT2D eigenvalue weighted by atomic mass is 16.5. The Morgan fingerprint density at radius 3 is 2.65 bits per heavy atom. The van der Waals surface area contributed by atoms with Gasteiger partial charge in [-0.3, -0.25) is 4.98 Å². The molecule has 1 saturated carbocycles. The quantitative estimate of drug-likeness (QED) is 0.666. The van der Waals surface area contributed by atoms with E-state index in [1.165, 1.54) is 12.3 Å². The topological polar surface area (TPSA) is 79.7 Å². The van der Waals surface area contributed by atoms with Gasteiger partial charge in [-0.1, -0.05) is 6.42 Å². The summed E-state index contributed by atoms with van der Waals surface area (Å²) in [6.45, 7) is 2.05. The molecule has 1 aromatic heterocycles. The largest absolute Gasteiger partial charge is 0.504 e. The van der Waals surface area contributed by atoms with E-state index in [1.54, 1.807) is 19.2 Å². The number of pyridine rings is 1. The Balaban J connectivity index is 2.00. The summed E-state index contributed by atoms with van der Waals surface area (Å²) in [5, 5.41) is 20.1. The van der Waals surface area contributed by atoms with Gasteiger partial charge in [0.1, 0.15) is 0 Å². The SMILES string of the molecule is CCOC(=O)c1cncc(-c2cc(O)c(O)c(C3CCC3)c2)c1. The van der Waals surface area contributed by atoms with Crippen molar-refractivity contribution < 1.29 is 19.7 Å². The van der Waals surface area contributed by atoms with Crippen LogP contribution in [-0.4, -0.2) is 27.8 Å². The van der Waals surface area contributed by atoms with E-state index in [0.717, 1.165) is 30.4 Å². The van der Waals surface area contributed by atoms with Crippen molar-refractivity contribution in [3.63, 3.8) is 0 Å². The van der Waals surface area contributed by atoms with E-state index < -0.39 is 5.97 Å². The number of aromatic nitrogens is 1. The number of phenols is 2. The summed E-state index contributed by atoms with van der Waals surface area (Å²) in [6, 6.07) is 5.04. The van der Waals surface area contributed by atoms with E-state index in [9.17, 15) is 15.0 Å². The van der Waals surface area contributed by atoms with Gasteiger partial charge in [0.25, 0.3) is 0 Å². The van der Waals surface area contributed by atoms with Gasteiger partial charge in [-0.05, 0) is 49.4 Å². The minimum absolute atomic E-state index is 0.0482. The Bertz CT molecular complexity index is 738. The molecule has 3 rings (SSSR count). The molecule has 2 N–H and O–H groups in total. The smallest absolute Gasteiger partial charge is 0.339 e. The van der Waals surface area contributed by atoms with E-state index in [-0.39, 0.29) is 17.4 Å². The molecule has 0 bridgehead atoms. The average Bonchev–Trinajstić information content (AvgIpc) is 2.50. The van der Waals surface area contributed by atoms with Crippen LogP contribution in [0.1, 0.15) is 48.0 Å². The first-order chi connectivity index (χ1) is 11.1. The maximum absolute atomic E-state index is 11.8. The van der Waals surface area contributed by atoms with Crippen molar-refractivity contribution in [3.05, 3.63) is 41.7 Å². The highest BCUT2D eigenvalue weighted by molar-refractivity contribution is 5.90. The molecular formula is C18H19NO4. The molecule has 23 heavy (non-hydrogen) atoms. The van der Waals surface area contributed by atoms with Crippen LogP contribution < -0.4 is 0 Å². The molecule has 5 nitrogen and oxygen atoms in total. The fraction of sp³-hybridized carbons (Fsp3) is 0.333. The van der Waals surface area contributed by atoms with Gasteiger partial charge in [0.2, 0.25) is 0 Å². The standard InChI is InChI=1S/C18H19NO4/c1-2-23-18(22)14-6-13(9-19-10-14)12-7-15(11-4-3-5-11)17(21)16(20)8-12/h6-11,20-21H,2-5H2,1H3. The number of phenolic OH excluding ortho intramolecular Hbond substituents is 2. The summed E-state index contributed by atoms with van der Waals surface area (Å²) in [5.74, 6) is -0.343. The van der Waals surface area contributed by atoms with Gasteiger partial charge in [0, 0.05) is 23.5 Å². The van der Waals surface area contributed by atoms with Gasteiger partial charge in [0.05, 0.1) is 12.2 Å². The molecular weight excluding hydrogens is 294 g/mol. The zero-order chi connectivity index (χ0) is 16.4. The number of carbonyl (C=O) groups is 1. The minimum atomic E-state index is -0.427. The summed E-state index contributed by atoms with van der Waals surface area (Å²) in [7, 11) is 0. The van der Waals surface area contributed by atoms with Crippen molar-refractivity contribution in [1.82, 2.24) is 4.98 Å². The summed E-state index contributed by atoms with van der Waals surface area (Å²) in [6.07, 6.45) is 6.23. The number of hydrogen-bond donors (Lipinski definition) is 2. The Labute approximate surface area is 134 Å². The molecule has 0 atom stereocenters. The summed E-state index contributed by atoms with van der Waals surface area (Å²) in [4.78, 5) is 15.9. The Morgan fingerprint density at radius 1 is 1.22 bits per heavy atom. The summed E-state index contributed by atoms with van der Waals surface area (Å²) < 4.78 is 4.98. The Kier molecular flexibility index (Phi) is 4.19. The highest BCUT2D eigenvalue weighted by Gasteiger charge is 2.24. The minimum Gasteiger partial charge on any atom is -0.504 e. The van der Waals surface area contributed by atoms with Crippen molar-refractivity contribution in [3.8, 4) is 22.6 Å². The zero-order valence-electron chi connectivity index (χ0n) is 13.0. The van der Waals surface area contributed by atoms with E-state index in [0.29, 0.717) is 17.7 Å².